The Morgan fingerprint density at radius 1 is 1.27 bits per heavy atom. The van der Waals surface area contributed by atoms with E-state index in [0.29, 0.717) is 6.61 Å². The molecule has 0 atom stereocenters. The minimum absolute atomic E-state index is 0.0200. The topological polar surface area (TPSA) is 116 Å². The molecule has 0 unspecified atom stereocenters. The quantitative estimate of drug-likeness (QED) is 0.815. The van der Waals surface area contributed by atoms with E-state index < -0.39 is 11.7 Å². The number of anilines is 1. The Morgan fingerprint density at radius 3 is 2.18 bits per heavy atom. The van der Waals surface area contributed by atoms with Gasteiger partial charge in [0.25, 0.3) is 0 Å². The number of nitrogens with zero attached hydrogens (tertiary/aromatic N) is 2. The highest BCUT2D eigenvalue weighted by Gasteiger charge is 2.16. The van der Waals surface area contributed by atoms with Gasteiger partial charge in [-0.1, -0.05) is 0 Å². The Morgan fingerprint density at radius 2 is 1.82 bits per heavy atom. The largest absolute Gasteiger partial charge is 0.465 e. The lowest BCUT2D eigenvalue weighted by Gasteiger charge is -2.19. The van der Waals surface area contributed by atoms with Crippen LogP contribution in [0.5, 0.6) is 0 Å². The van der Waals surface area contributed by atoms with Crippen molar-refractivity contribution in [2.24, 2.45) is 5.73 Å². The number of nitrogens with one attached hydrogen (secondary N) is 1. The normalized spacial score (nSPS) is 10.1. The van der Waals surface area contributed by atoms with Crippen LogP contribution in [0.2, 0.25) is 0 Å². The van der Waals surface area contributed by atoms with Gasteiger partial charge < -0.3 is 15.2 Å². The van der Waals surface area contributed by atoms with E-state index in [9.17, 15) is 9.59 Å². The van der Waals surface area contributed by atoms with Gasteiger partial charge in [0.15, 0.2) is 0 Å². The third-order valence-corrected chi connectivity index (χ3v) is 1.87. The van der Waals surface area contributed by atoms with Crippen molar-refractivity contribution >= 4 is 18.0 Å². The fourth-order valence-electron chi connectivity index (χ4n) is 1.07. The lowest BCUT2D eigenvalue weighted by Crippen LogP contribution is -2.27. The monoisotopic (exact) mass is 312 g/mol. The van der Waals surface area contributed by atoms with Crippen LogP contribution in [0.25, 0.3) is 0 Å². The molecule has 0 aliphatic rings. The van der Waals surface area contributed by atoms with Gasteiger partial charge in [-0.2, -0.15) is 0 Å². The van der Waals surface area contributed by atoms with Crippen molar-refractivity contribution in [3.8, 4) is 0 Å². The van der Waals surface area contributed by atoms with E-state index in [2.05, 4.69) is 20.0 Å². The van der Waals surface area contributed by atoms with Gasteiger partial charge in [-0.25, -0.2) is 14.8 Å². The van der Waals surface area contributed by atoms with Crippen molar-refractivity contribution in [1.29, 1.82) is 0 Å². The maximum absolute atomic E-state index is 11.3. The van der Waals surface area contributed by atoms with E-state index in [1.807, 2.05) is 6.92 Å². The van der Waals surface area contributed by atoms with Crippen molar-refractivity contribution in [1.82, 2.24) is 9.97 Å². The summed E-state index contributed by atoms with van der Waals surface area (Å²) in [5.41, 5.74) is 5.30. The van der Waals surface area contributed by atoms with Crippen molar-refractivity contribution < 1.29 is 19.1 Å². The number of aryl methyl sites for hydroxylation is 1. The molecule has 1 aromatic heterocycles. The zero-order valence-corrected chi connectivity index (χ0v) is 13.7. The van der Waals surface area contributed by atoms with Crippen LogP contribution in [0.3, 0.4) is 0 Å². The molecule has 0 aromatic carbocycles. The lowest BCUT2D eigenvalue weighted by atomic mass is 10.2. The summed E-state index contributed by atoms with van der Waals surface area (Å²) in [6.45, 7) is 9.39. The van der Waals surface area contributed by atoms with Crippen LogP contribution in [0.4, 0.5) is 10.7 Å². The molecule has 0 aliphatic carbocycles. The van der Waals surface area contributed by atoms with E-state index in [1.165, 1.54) is 0 Å². The summed E-state index contributed by atoms with van der Waals surface area (Å²) in [6, 6.07) is 0. The van der Waals surface area contributed by atoms with Gasteiger partial charge in [0.05, 0.1) is 13.2 Å². The van der Waals surface area contributed by atoms with Crippen LogP contribution < -0.4 is 11.1 Å². The standard InChI is InChI=1S/C10H15N3O2.C4H9NO2/c1-7-5-11-8(12-6-7)13-9(14)15-10(2,3)4;1-2-7-4(6)3-5/h5-6H,1-4H3,(H,11,12,13,14);2-3,5H2,1H3. The molecule has 0 bridgehead atoms. The fourth-order valence-corrected chi connectivity index (χ4v) is 1.07. The maximum Gasteiger partial charge on any atom is 0.414 e. The van der Waals surface area contributed by atoms with Crippen molar-refractivity contribution in [2.75, 3.05) is 18.5 Å². The fraction of sp³-hybridized carbons (Fsp3) is 0.571. The molecule has 0 saturated heterocycles. The first-order chi connectivity index (χ1) is 10.2. The first-order valence-electron chi connectivity index (χ1n) is 6.82. The van der Waals surface area contributed by atoms with Crippen molar-refractivity contribution in [3.05, 3.63) is 18.0 Å². The second kappa shape index (κ2) is 9.67. The average molecular weight is 312 g/mol. The molecule has 0 spiro atoms. The predicted octanol–water partition coefficient (Wildman–Crippen LogP) is 1.64. The highest BCUT2D eigenvalue weighted by Crippen LogP contribution is 2.08. The molecular formula is C14H24N4O4. The lowest BCUT2D eigenvalue weighted by molar-refractivity contribution is -0.141. The van der Waals surface area contributed by atoms with Gasteiger partial charge in [0, 0.05) is 12.4 Å². The van der Waals surface area contributed by atoms with Gasteiger partial charge in [0.2, 0.25) is 5.95 Å². The third-order valence-electron chi connectivity index (χ3n) is 1.87. The summed E-state index contributed by atoms with van der Waals surface area (Å²) in [5, 5.41) is 2.44. The van der Waals surface area contributed by atoms with E-state index in [-0.39, 0.29) is 18.5 Å². The summed E-state index contributed by atoms with van der Waals surface area (Å²) in [4.78, 5) is 29.2. The number of rotatable bonds is 3. The Bertz CT molecular complexity index is 469. The van der Waals surface area contributed by atoms with Crippen LogP contribution in [-0.4, -0.2) is 40.8 Å². The molecule has 1 heterocycles. The molecule has 3 N–H and O–H groups in total. The molecule has 124 valence electrons. The second-order valence-corrected chi connectivity index (χ2v) is 5.22. The van der Waals surface area contributed by atoms with Gasteiger partial charge in [-0.15, -0.1) is 0 Å². The molecule has 0 aliphatic heterocycles. The van der Waals surface area contributed by atoms with Crippen molar-refractivity contribution in [3.63, 3.8) is 0 Å². The Hall–Kier alpha value is -2.22. The van der Waals surface area contributed by atoms with Crippen LogP contribution >= 0.6 is 0 Å². The first kappa shape index (κ1) is 19.8. The first-order valence-corrected chi connectivity index (χ1v) is 6.82. The van der Waals surface area contributed by atoms with Gasteiger partial charge >= 0.3 is 12.1 Å². The highest BCUT2D eigenvalue weighted by molar-refractivity contribution is 5.82. The summed E-state index contributed by atoms with van der Waals surface area (Å²) in [6.07, 6.45) is 2.70. The SMILES string of the molecule is CCOC(=O)CN.Cc1cnc(NC(=O)OC(C)(C)C)nc1. The zero-order valence-electron chi connectivity index (χ0n) is 13.7. The number of hydrogen-bond donors (Lipinski definition) is 2. The molecule has 1 aromatic rings. The molecule has 0 fully saturated rings. The van der Waals surface area contributed by atoms with E-state index in [0.717, 1.165) is 5.56 Å². The number of ether oxygens (including phenoxy) is 2. The molecule has 22 heavy (non-hydrogen) atoms. The van der Waals surface area contributed by atoms with Gasteiger partial charge in [-0.05, 0) is 40.2 Å². The molecule has 1 amide bonds. The highest BCUT2D eigenvalue weighted by atomic mass is 16.6. The smallest absolute Gasteiger partial charge is 0.414 e. The average Bonchev–Trinajstić information content (AvgIpc) is 2.40. The number of carbonyl (C=O) groups excluding carboxylic acids is 2. The van der Waals surface area contributed by atoms with E-state index >= 15 is 0 Å². The summed E-state index contributed by atoms with van der Waals surface area (Å²) in [5.74, 6) is -0.0997. The number of esters is 1. The minimum Gasteiger partial charge on any atom is -0.465 e. The maximum atomic E-state index is 11.3. The number of nitrogens with two attached hydrogens (primary N) is 1. The van der Waals surface area contributed by atoms with Gasteiger partial charge in [0.1, 0.15) is 5.60 Å². The molecule has 8 nitrogen and oxygen atoms in total. The van der Waals surface area contributed by atoms with Crippen LogP contribution in [-0.2, 0) is 14.3 Å². The number of carbonyl (C=O) groups is 2. The third kappa shape index (κ3) is 10.6. The second-order valence-electron chi connectivity index (χ2n) is 5.22. The molecule has 0 radical (unpaired) electrons. The van der Waals surface area contributed by atoms with E-state index in [1.54, 1.807) is 40.1 Å². The minimum atomic E-state index is -0.550. The summed E-state index contributed by atoms with van der Waals surface area (Å²) >= 11 is 0. The summed E-state index contributed by atoms with van der Waals surface area (Å²) < 4.78 is 9.47. The van der Waals surface area contributed by atoms with Crippen molar-refractivity contribution in [2.45, 2.75) is 40.2 Å². The molecule has 8 heteroatoms. The van der Waals surface area contributed by atoms with Gasteiger partial charge in [-0.3, -0.25) is 10.1 Å². The summed E-state index contributed by atoms with van der Waals surface area (Å²) in [7, 11) is 0. The van der Waals surface area contributed by atoms with Crippen LogP contribution in [0.1, 0.15) is 33.3 Å². The van der Waals surface area contributed by atoms with Crippen LogP contribution in [0.15, 0.2) is 12.4 Å². The zero-order chi connectivity index (χ0) is 17.2. The number of hydrogen-bond acceptors (Lipinski definition) is 7. The predicted molar refractivity (Wildman–Crippen MR) is 82.3 cm³/mol. The van der Waals surface area contributed by atoms with Crippen LogP contribution in [0, 0.1) is 6.92 Å². The Labute approximate surface area is 130 Å². The molecular weight excluding hydrogens is 288 g/mol. The molecule has 0 saturated carbocycles. The molecule has 1 rings (SSSR count). The Balaban J connectivity index is 0.000000534. The number of aromatic nitrogens is 2. The Kier molecular flexibility index (Phi) is 8.69. The van der Waals surface area contributed by atoms with E-state index in [4.69, 9.17) is 10.5 Å². The number of amides is 1.